The van der Waals surface area contributed by atoms with Crippen molar-refractivity contribution >= 4 is 46.1 Å². The Morgan fingerprint density at radius 1 is 1.04 bits per heavy atom. The molecular formula is C19H15Cl2N3O3. The molecule has 2 aromatic rings. The van der Waals surface area contributed by atoms with Gasteiger partial charge in [-0.05, 0) is 43.3 Å². The molecule has 0 amide bonds. The van der Waals surface area contributed by atoms with E-state index in [-0.39, 0.29) is 38.7 Å². The number of phenols is 2. The number of nitrogens with two attached hydrogens (primary N) is 1. The topological polar surface area (TPSA) is 108 Å². The van der Waals surface area contributed by atoms with Gasteiger partial charge in [-0.3, -0.25) is 4.79 Å². The number of nitrogens with one attached hydrogen (secondary N) is 1. The van der Waals surface area contributed by atoms with Gasteiger partial charge in [0.25, 0.3) is 0 Å². The summed E-state index contributed by atoms with van der Waals surface area (Å²) in [5.74, 6) is -0.419. The van der Waals surface area contributed by atoms with Gasteiger partial charge in [-0.25, -0.2) is 4.99 Å². The highest BCUT2D eigenvalue weighted by molar-refractivity contribution is 6.32. The van der Waals surface area contributed by atoms with E-state index >= 15 is 0 Å². The molecule has 0 heterocycles. The Bertz CT molecular complexity index is 1040. The first-order valence-electron chi connectivity index (χ1n) is 7.82. The molecule has 27 heavy (non-hydrogen) atoms. The quantitative estimate of drug-likeness (QED) is 0.451. The Labute approximate surface area is 165 Å². The SMILES string of the molecule is CC1=C(Nc2ccc(O)c(Cl)c2)C(=O)C=C(N)/C1=N/c1ccc(O)c(Cl)c1. The van der Waals surface area contributed by atoms with Gasteiger partial charge in [0.05, 0.1) is 32.8 Å². The predicted molar refractivity (Wildman–Crippen MR) is 107 cm³/mol. The zero-order chi connectivity index (χ0) is 19.7. The number of hydrogen-bond acceptors (Lipinski definition) is 6. The Morgan fingerprint density at radius 2 is 1.67 bits per heavy atom. The second-order valence-corrected chi connectivity index (χ2v) is 6.67. The number of carbonyl (C=O) groups is 1. The first kappa shape index (κ1) is 18.8. The largest absolute Gasteiger partial charge is 0.506 e. The van der Waals surface area contributed by atoms with Crippen molar-refractivity contribution in [1.29, 1.82) is 0 Å². The Balaban J connectivity index is 2.02. The predicted octanol–water partition coefficient (Wildman–Crippen LogP) is 4.29. The lowest BCUT2D eigenvalue weighted by Gasteiger charge is -2.19. The highest BCUT2D eigenvalue weighted by Crippen LogP contribution is 2.31. The second kappa shape index (κ2) is 7.34. The number of hydrogen-bond donors (Lipinski definition) is 4. The third-order valence-electron chi connectivity index (χ3n) is 3.93. The Morgan fingerprint density at radius 3 is 2.30 bits per heavy atom. The summed E-state index contributed by atoms with van der Waals surface area (Å²) in [6, 6.07) is 9.01. The van der Waals surface area contributed by atoms with Crippen molar-refractivity contribution < 1.29 is 15.0 Å². The summed E-state index contributed by atoms with van der Waals surface area (Å²) in [5.41, 5.74) is 8.44. The zero-order valence-corrected chi connectivity index (χ0v) is 15.6. The molecule has 8 heteroatoms. The molecule has 0 radical (unpaired) electrons. The number of anilines is 1. The number of aliphatic imine (C=N–C) groups is 1. The van der Waals surface area contributed by atoms with E-state index in [0.29, 0.717) is 22.7 Å². The number of phenolic OH excluding ortho intramolecular Hbond substituents is 2. The minimum Gasteiger partial charge on any atom is -0.506 e. The van der Waals surface area contributed by atoms with Gasteiger partial charge in [0.2, 0.25) is 5.78 Å². The number of nitrogens with zero attached hydrogens (tertiary/aromatic N) is 1. The molecule has 0 bridgehead atoms. The standard InChI is InChI=1S/C19H15Cl2N3O3/c1-9-18(23-10-2-4-15(25)12(20)6-10)14(22)8-17(27)19(9)24-11-3-5-16(26)13(21)7-11/h2-8,24-26H,22H2,1H3/b23-18+. The van der Waals surface area contributed by atoms with Crippen molar-refractivity contribution in [2.75, 3.05) is 5.32 Å². The van der Waals surface area contributed by atoms with Crippen LogP contribution in [0.3, 0.4) is 0 Å². The molecule has 3 rings (SSSR count). The van der Waals surface area contributed by atoms with Crippen LogP contribution in [0.25, 0.3) is 0 Å². The van der Waals surface area contributed by atoms with Crippen molar-refractivity contribution in [2.24, 2.45) is 10.7 Å². The lowest BCUT2D eigenvalue weighted by Crippen LogP contribution is -2.26. The van der Waals surface area contributed by atoms with Gasteiger partial charge >= 0.3 is 0 Å². The van der Waals surface area contributed by atoms with Crippen LogP contribution in [0.2, 0.25) is 10.0 Å². The van der Waals surface area contributed by atoms with Crippen LogP contribution in [0, 0.1) is 0 Å². The maximum absolute atomic E-state index is 12.4. The van der Waals surface area contributed by atoms with Gasteiger partial charge < -0.3 is 21.3 Å². The number of aromatic hydroxyl groups is 2. The van der Waals surface area contributed by atoms with Gasteiger partial charge in [-0.15, -0.1) is 0 Å². The van der Waals surface area contributed by atoms with Gasteiger partial charge in [-0.1, -0.05) is 23.2 Å². The maximum atomic E-state index is 12.4. The molecule has 0 saturated carbocycles. The minimum atomic E-state index is -0.308. The van der Waals surface area contributed by atoms with Crippen molar-refractivity contribution in [2.45, 2.75) is 6.92 Å². The number of allylic oxidation sites excluding steroid dienone is 2. The molecule has 0 saturated heterocycles. The third-order valence-corrected chi connectivity index (χ3v) is 4.53. The van der Waals surface area contributed by atoms with E-state index in [0.717, 1.165) is 0 Å². The van der Waals surface area contributed by atoms with E-state index in [9.17, 15) is 15.0 Å². The first-order valence-corrected chi connectivity index (χ1v) is 8.57. The summed E-state index contributed by atoms with van der Waals surface area (Å²) in [6.45, 7) is 1.71. The van der Waals surface area contributed by atoms with Crippen molar-refractivity contribution in [3.8, 4) is 11.5 Å². The van der Waals surface area contributed by atoms with Crippen molar-refractivity contribution in [3.63, 3.8) is 0 Å². The van der Waals surface area contributed by atoms with E-state index < -0.39 is 0 Å². The van der Waals surface area contributed by atoms with E-state index in [2.05, 4.69) is 10.3 Å². The minimum absolute atomic E-state index is 0.0539. The molecule has 0 atom stereocenters. The van der Waals surface area contributed by atoms with Gasteiger partial charge in [0, 0.05) is 17.3 Å². The van der Waals surface area contributed by atoms with Crippen LogP contribution in [0.15, 0.2) is 64.4 Å². The summed E-state index contributed by atoms with van der Waals surface area (Å²) in [7, 11) is 0. The fourth-order valence-corrected chi connectivity index (χ4v) is 2.88. The average molecular weight is 404 g/mol. The van der Waals surface area contributed by atoms with Crippen LogP contribution < -0.4 is 11.1 Å². The zero-order valence-electron chi connectivity index (χ0n) is 14.1. The number of benzene rings is 2. The molecule has 5 N–H and O–H groups in total. The van der Waals surface area contributed by atoms with Crippen LogP contribution in [0.4, 0.5) is 11.4 Å². The lowest BCUT2D eigenvalue weighted by atomic mass is 9.97. The highest BCUT2D eigenvalue weighted by Gasteiger charge is 2.23. The van der Waals surface area contributed by atoms with Crippen molar-refractivity contribution in [1.82, 2.24) is 0 Å². The molecule has 1 aliphatic rings. The third kappa shape index (κ3) is 3.92. The van der Waals surface area contributed by atoms with Crippen LogP contribution >= 0.6 is 23.2 Å². The van der Waals surface area contributed by atoms with Gasteiger partial charge in [0.1, 0.15) is 11.5 Å². The van der Waals surface area contributed by atoms with E-state index in [1.54, 1.807) is 19.1 Å². The average Bonchev–Trinajstić information content (AvgIpc) is 2.61. The van der Waals surface area contributed by atoms with Crippen LogP contribution in [0.5, 0.6) is 11.5 Å². The molecule has 0 fully saturated rings. The Hall–Kier alpha value is -2.96. The van der Waals surface area contributed by atoms with Crippen LogP contribution in [-0.2, 0) is 4.79 Å². The summed E-state index contributed by atoms with van der Waals surface area (Å²) in [5, 5.41) is 22.4. The molecule has 1 aliphatic carbocycles. The summed E-state index contributed by atoms with van der Waals surface area (Å²) >= 11 is 11.8. The number of ketones is 1. The van der Waals surface area contributed by atoms with E-state index in [1.807, 2.05) is 0 Å². The van der Waals surface area contributed by atoms with Gasteiger partial charge in [0.15, 0.2) is 0 Å². The van der Waals surface area contributed by atoms with Crippen LogP contribution in [-0.4, -0.2) is 21.7 Å². The van der Waals surface area contributed by atoms with Crippen molar-refractivity contribution in [3.05, 3.63) is 69.5 Å². The van der Waals surface area contributed by atoms with E-state index in [4.69, 9.17) is 28.9 Å². The highest BCUT2D eigenvalue weighted by atomic mass is 35.5. The maximum Gasteiger partial charge on any atom is 0.204 e. The summed E-state index contributed by atoms with van der Waals surface area (Å²) < 4.78 is 0. The molecular weight excluding hydrogens is 389 g/mol. The molecule has 0 aromatic heterocycles. The number of rotatable bonds is 3. The number of carbonyl (C=O) groups excluding carboxylic acids is 1. The van der Waals surface area contributed by atoms with Gasteiger partial charge in [-0.2, -0.15) is 0 Å². The van der Waals surface area contributed by atoms with Crippen LogP contribution in [0.1, 0.15) is 6.92 Å². The number of halogens is 2. The fraction of sp³-hybridized carbons (Fsp3) is 0.0526. The first-order chi connectivity index (χ1) is 12.8. The summed E-state index contributed by atoms with van der Waals surface area (Å²) in [6.07, 6.45) is 1.28. The smallest absolute Gasteiger partial charge is 0.204 e. The molecule has 2 aromatic carbocycles. The van der Waals surface area contributed by atoms with E-state index in [1.165, 1.54) is 30.3 Å². The molecule has 0 spiro atoms. The molecule has 6 nitrogen and oxygen atoms in total. The molecule has 138 valence electrons. The fourth-order valence-electron chi connectivity index (χ4n) is 2.53. The second-order valence-electron chi connectivity index (χ2n) is 5.85. The lowest BCUT2D eigenvalue weighted by molar-refractivity contribution is -0.111. The molecule has 0 unspecified atom stereocenters. The Kier molecular flexibility index (Phi) is 5.12. The monoisotopic (exact) mass is 403 g/mol. The normalized spacial score (nSPS) is 15.9. The summed E-state index contributed by atoms with van der Waals surface area (Å²) in [4.78, 5) is 16.9. The molecule has 0 aliphatic heterocycles.